The first-order valence-corrected chi connectivity index (χ1v) is 9.41. The molecule has 0 aromatic carbocycles. The van der Waals surface area contributed by atoms with E-state index < -0.39 is 0 Å². The second kappa shape index (κ2) is 6.20. The average Bonchev–Trinajstić information content (AvgIpc) is 3.31. The van der Waals surface area contributed by atoms with Crippen molar-refractivity contribution in [3.63, 3.8) is 0 Å². The van der Waals surface area contributed by atoms with Crippen molar-refractivity contribution in [3.05, 3.63) is 0 Å². The van der Waals surface area contributed by atoms with Crippen LogP contribution in [-0.2, 0) is 0 Å². The molecule has 2 nitrogen and oxygen atoms in total. The molecular weight excluding hydrogens is 256 g/mol. The Hall–Kier alpha value is -0.0800. The van der Waals surface area contributed by atoms with E-state index in [1.807, 2.05) is 0 Å². The lowest BCUT2D eigenvalue weighted by molar-refractivity contribution is 0.0397. The van der Waals surface area contributed by atoms with E-state index in [2.05, 4.69) is 25.7 Å². The lowest BCUT2D eigenvalue weighted by atomic mass is 9.67. The second-order valence-electron chi connectivity index (χ2n) is 9.28. The maximum Gasteiger partial charge on any atom is 0.0139 e. The van der Waals surface area contributed by atoms with Crippen molar-refractivity contribution in [3.8, 4) is 0 Å². The molecule has 2 heteroatoms. The minimum atomic E-state index is 0.461. The summed E-state index contributed by atoms with van der Waals surface area (Å²) >= 11 is 0. The predicted octanol–water partition coefficient (Wildman–Crippen LogP) is 3.90. The number of rotatable bonds is 6. The van der Waals surface area contributed by atoms with E-state index in [0.717, 1.165) is 36.3 Å². The summed E-state index contributed by atoms with van der Waals surface area (Å²) in [6.45, 7) is 10.9. The van der Waals surface area contributed by atoms with Crippen molar-refractivity contribution in [1.29, 1.82) is 0 Å². The fourth-order valence-corrected chi connectivity index (χ4v) is 4.33. The Balaban J connectivity index is 1.68. The fraction of sp³-hybridized carbons (Fsp3) is 1.00. The molecule has 3 atom stereocenters. The SMILES string of the molecule is CC(C)(C)C1CCC(CN)C(N(CC2CC2)CC2CC2)C1. The van der Waals surface area contributed by atoms with Crippen LogP contribution in [0.15, 0.2) is 0 Å². The Labute approximate surface area is 131 Å². The zero-order valence-corrected chi connectivity index (χ0v) is 14.5. The van der Waals surface area contributed by atoms with Gasteiger partial charge in [-0.2, -0.15) is 0 Å². The van der Waals surface area contributed by atoms with Gasteiger partial charge < -0.3 is 5.73 Å². The van der Waals surface area contributed by atoms with Gasteiger partial charge in [-0.25, -0.2) is 0 Å². The van der Waals surface area contributed by atoms with Gasteiger partial charge >= 0.3 is 0 Å². The van der Waals surface area contributed by atoms with Crippen LogP contribution in [0.5, 0.6) is 0 Å². The van der Waals surface area contributed by atoms with Gasteiger partial charge in [-0.3, -0.25) is 4.90 Å². The molecule has 0 aromatic rings. The lowest BCUT2D eigenvalue weighted by Gasteiger charge is -2.46. The highest BCUT2D eigenvalue weighted by Gasteiger charge is 2.40. The molecule has 0 amide bonds. The van der Waals surface area contributed by atoms with Gasteiger partial charge in [0.05, 0.1) is 0 Å². The predicted molar refractivity (Wildman–Crippen MR) is 90.1 cm³/mol. The van der Waals surface area contributed by atoms with Crippen molar-refractivity contribution < 1.29 is 0 Å². The largest absolute Gasteiger partial charge is 0.330 e. The highest BCUT2D eigenvalue weighted by molar-refractivity contribution is 4.94. The van der Waals surface area contributed by atoms with E-state index in [-0.39, 0.29) is 0 Å². The van der Waals surface area contributed by atoms with Crippen LogP contribution in [0.4, 0.5) is 0 Å². The molecular formula is C19H36N2. The maximum absolute atomic E-state index is 6.15. The van der Waals surface area contributed by atoms with Gasteiger partial charge in [0.2, 0.25) is 0 Å². The molecule has 0 radical (unpaired) electrons. The Morgan fingerprint density at radius 1 is 0.905 bits per heavy atom. The highest BCUT2D eigenvalue weighted by atomic mass is 15.2. The third kappa shape index (κ3) is 4.22. The van der Waals surface area contributed by atoms with Gasteiger partial charge in [0.25, 0.3) is 0 Å². The lowest BCUT2D eigenvalue weighted by Crippen LogP contribution is -2.49. The van der Waals surface area contributed by atoms with Crippen LogP contribution < -0.4 is 5.73 Å². The summed E-state index contributed by atoms with van der Waals surface area (Å²) in [4.78, 5) is 2.89. The van der Waals surface area contributed by atoms with Gasteiger partial charge in [0.1, 0.15) is 0 Å². The van der Waals surface area contributed by atoms with Gasteiger partial charge in [-0.05, 0) is 80.6 Å². The molecule has 0 aromatic heterocycles. The zero-order chi connectivity index (χ0) is 15.0. The molecule has 3 aliphatic carbocycles. The van der Waals surface area contributed by atoms with Crippen molar-refractivity contribution >= 4 is 0 Å². The van der Waals surface area contributed by atoms with Crippen LogP contribution in [0.25, 0.3) is 0 Å². The van der Waals surface area contributed by atoms with Gasteiger partial charge in [-0.1, -0.05) is 20.8 Å². The van der Waals surface area contributed by atoms with E-state index in [0.29, 0.717) is 5.41 Å². The maximum atomic E-state index is 6.15. The van der Waals surface area contributed by atoms with E-state index in [9.17, 15) is 0 Å². The van der Waals surface area contributed by atoms with Crippen LogP contribution in [0, 0.1) is 29.1 Å². The Morgan fingerprint density at radius 3 is 1.90 bits per heavy atom. The van der Waals surface area contributed by atoms with Crippen molar-refractivity contribution in [2.75, 3.05) is 19.6 Å². The first-order chi connectivity index (χ1) is 9.97. The van der Waals surface area contributed by atoms with Crippen LogP contribution in [0.3, 0.4) is 0 Å². The monoisotopic (exact) mass is 292 g/mol. The number of nitrogens with zero attached hydrogens (tertiary/aromatic N) is 1. The fourth-order valence-electron chi connectivity index (χ4n) is 4.33. The van der Waals surface area contributed by atoms with E-state index >= 15 is 0 Å². The molecule has 2 N–H and O–H groups in total. The minimum absolute atomic E-state index is 0.461. The standard InChI is InChI=1S/C19H36N2/c1-19(2,3)17-9-8-16(11-20)18(10-17)21(12-14-4-5-14)13-15-6-7-15/h14-18H,4-13,20H2,1-3H3. The quantitative estimate of drug-likeness (QED) is 0.804. The Bertz CT molecular complexity index is 324. The highest BCUT2D eigenvalue weighted by Crippen LogP contribution is 2.43. The molecule has 0 saturated heterocycles. The first kappa shape index (κ1) is 15.8. The van der Waals surface area contributed by atoms with Crippen molar-refractivity contribution in [2.24, 2.45) is 34.8 Å². The molecule has 0 heterocycles. The molecule has 3 fully saturated rings. The molecule has 21 heavy (non-hydrogen) atoms. The Kier molecular flexibility index (Phi) is 4.66. The number of hydrogen-bond acceptors (Lipinski definition) is 2. The van der Waals surface area contributed by atoms with Crippen LogP contribution in [-0.4, -0.2) is 30.6 Å². The summed E-state index contributed by atoms with van der Waals surface area (Å²) in [6, 6.07) is 0.772. The second-order valence-corrected chi connectivity index (χ2v) is 9.28. The summed E-state index contributed by atoms with van der Waals surface area (Å²) in [6.07, 6.45) is 10.0. The first-order valence-electron chi connectivity index (χ1n) is 9.41. The molecule has 0 bridgehead atoms. The van der Waals surface area contributed by atoms with Crippen molar-refractivity contribution in [1.82, 2.24) is 4.90 Å². The van der Waals surface area contributed by atoms with Crippen LogP contribution in [0.2, 0.25) is 0 Å². The summed E-state index contributed by atoms with van der Waals surface area (Å²) < 4.78 is 0. The Morgan fingerprint density at radius 2 is 1.48 bits per heavy atom. The van der Waals surface area contributed by atoms with Gasteiger partial charge in [0.15, 0.2) is 0 Å². The third-order valence-corrected chi connectivity index (χ3v) is 6.33. The average molecular weight is 293 g/mol. The molecule has 3 unspecified atom stereocenters. The molecule has 3 aliphatic rings. The molecule has 122 valence electrons. The zero-order valence-electron chi connectivity index (χ0n) is 14.5. The molecule has 3 rings (SSSR count). The van der Waals surface area contributed by atoms with Gasteiger partial charge in [-0.15, -0.1) is 0 Å². The minimum Gasteiger partial charge on any atom is -0.330 e. The van der Waals surface area contributed by atoms with Crippen molar-refractivity contribution in [2.45, 2.75) is 71.8 Å². The topological polar surface area (TPSA) is 29.3 Å². The number of hydrogen-bond donors (Lipinski definition) is 1. The number of nitrogens with two attached hydrogens (primary N) is 1. The summed E-state index contributed by atoms with van der Waals surface area (Å²) in [5, 5.41) is 0. The summed E-state index contributed by atoms with van der Waals surface area (Å²) in [5.41, 5.74) is 6.61. The molecule has 0 spiro atoms. The van der Waals surface area contributed by atoms with Gasteiger partial charge in [0, 0.05) is 19.1 Å². The summed E-state index contributed by atoms with van der Waals surface area (Å²) in [5.74, 6) is 3.65. The smallest absolute Gasteiger partial charge is 0.0139 e. The van der Waals surface area contributed by atoms with E-state index in [1.54, 1.807) is 0 Å². The molecule has 3 saturated carbocycles. The van der Waals surface area contributed by atoms with E-state index in [1.165, 1.54) is 58.0 Å². The third-order valence-electron chi connectivity index (χ3n) is 6.33. The van der Waals surface area contributed by atoms with Crippen LogP contribution >= 0.6 is 0 Å². The normalized spacial score (nSPS) is 34.4. The molecule has 0 aliphatic heterocycles. The van der Waals surface area contributed by atoms with E-state index in [4.69, 9.17) is 5.73 Å². The summed E-state index contributed by atoms with van der Waals surface area (Å²) in [7, 11) is 0. The van der Waals surface area contributed by atoms with Crippen LogP contribution in [0.1, 0.15) is 65.7 Å².